The number of anilines is 1. The van der Waals surface area contributed by atoms with Crippen LogP contribution in [0.1, 0.15) is 40.0 Å². The number of aryl methyl sites for hydroxylation is 1. The van der Waals surface area contributed by atoms with E-state index in [-0.39, 0.29) is 24.2 Å². The summed E-state index contributed by atoms with van der Waals surface area (Å²) in [5, 5.41) is 5.66. The van der Waals surface area contributed by atoms with Gasteiger partial charge in [-0.05, 0) is 31.9 Å². The molecule has 2 amide bonds. The minimum Gasteiger partial charge on any atom is -0.325 e. The van der Waals surface area contributed by atoms with Gasteiger partial charge >= 0.3 is 0 Å². The van der Waals surface area contributed by atoms with Crippen LogP contribution in [-0.4, -0.2) is 21.8 Å². The number of rotatable bonds is 2. The number of carbonyl (C=O) groups is 2. The predicted octanol–water partition coefficient (Wildman–Crippen LogP) is 2.77. The molecule has 1 aliphatic heterocycles. The molecule has 0 unspecified atom stereocenters. The molecule has 1 aliphatic carbocycles. The van der Waals surface area contributed by atoms with Crippen molar-refractivity contribution >= 4 is 23.3 Å². The molecule has 0 bridgehead atoms. The zero-order valence-corrected chi connectivity index (χ0v) is 14.4. The second-order valence-electron chi connectivity index (χ2n) is 6.43. The smallest absolute Gasteiger partial charge is 0.258 e. The molecular formula is C20H18N4O2. The molecule has 0 fully saturated rings. The highest BCUT2D eigenvalue weighted by atomic mass is 16.2. The standard InChI is InChI=1S/C20H18N4O2/c1-12-6-8-13(9-7-12)19(26)24-20-21-11-14-10-17(25)22-16-5-3-2-4-15(16)18(14)23-20/h4-9,11H,2-3,10H2,1H3,(H,22,25)(H,21,23,24,26). The molecule has 130 valence electrons. The molecule has 2 aromatic rings. The third-order valence-corrected chi connectivity index (χ3v) is 4.44. The molecule has 0 atom stereocenters. The third-order valence-electron chi connectivity index (χ3n) is 4.44. The Morgan fingerprint density at radius 2 is 1.92 bits per heavy atom. The lowest BCUT2D eigenvalue weighted by molar-refractivity contribution is -0.119. The van der Waals surface area contributed by atoms with E-state index in [4.69, 9.17) is 0 Å². The predicted molar refractivity (Wildman–Crippen MR) is 98.3 cm³/mol. The summed E-state index contributed by atoms with van der Waals surface area (Å²) in [5.41, 5.74) is 4.77. The van der Waals surface area contributed by atoms with E-state index < -0.39 is 0 Å². The molecule has 26 heavy (non-hydrogen) atoms. The second kappa shape index (κ2) is 6.55. The van der Waals surface area contributed by atoms with Gasteiger partial charge in [-0.2, -0.15) is 0 Å². The van der Waals surface area contributed by atoms with E-state index in [0.717, 1.165) is 35.2 Å². The molecule has 0 saturated heterocycles. The van der Waals surface area contributed by atoms with Crippen LogP contribution in [0.5, 0.6) is 0 Å². The van der Waals surface area contributed by atoms with Gasteiger partial charge in [-0.25, -0.2) is 9.97 Å². The Balaban J connectivity index is 1.66. The van der Waals surface area contributed by atoms with Crippen molar-refractivity contribution in [3.8, 4) is 0 Å². The highest BCUT2D eigenvalue weighted by Gasteiger charge is 2.24. The molecular weight excluding hydrogens is 328 g/mol. The maximum absolute atomic E-state index is 12.4. The largest absolute Gasteiger partial charge is 0.325 e. The van der Waals surface area contributed by atoms with Crippen molar-refractivity contribution < 1.29 is 9.59 Å². The number of nitrogens with zero attached hydrogens (tertiary/aromatic N) is 2. The molecule has 0 spiro atoms. The van der Waals surface area contributed by atoms with Crippen LogP contribution < -0.4 is 10.6 Å². The van der Waals surface area contributed by atoms with Crippen LogP contribution >= 0.6 is 0 Å². The molecule has 2 heterocycles. The van der Waals surface area contributed by atoms with E-state index in [1.54, 1.807) is 18.3 Å². The number of carbonyl (C=O) groups excluding carboxylic acids is 2. The summed E-state index contributed by atoms with van der Waals surface area (Å²) >= 11 is 0. The molecule has 4 rings (SSSR count). The summed E-state index contributed by atoms with van der Waals surface area (Å²) in [7, 11) is 0. The van der Waals surface area contributed by atoms with Gasteiger partial charge in [-0.3, -0.25) is 14.9 Å². The topological polar surface area (TPSA) is 84.0 Å². The average Bonchev–Trinajstić information content (AvgIpc) is 2.77. The Kier molecular flexibility index (Phi) is 4.08. The first-order chi connectivity index (χ1) is 12.6. The van der Waals surface area contributed by atoms with Crippen LogP contribution in [0.4, 0.5) is 5.95 Å². The SMILES string of the molecule is Cc1ccc(C(=O)Nc2ncc3c(n2)C2=CCCC=C2NC(=O)C3)cc1. The first-order valence-electron chi connectivity index (χ1n) is 8.55. The van der Waals surface area contributed by atoms with Gasteiger partial charge in [0.25, 0.3) is 5.91 Å². The molecule has 0 radical (unpaired) electrons. The molecule has 6 nitrogen and oxygen atoms in total. The Bertz CT molecular complexity index is 958. The molecule has 0 saturated carbocycles. The summed E-state index contributed by atoms with van der Waals surface area (Å²) in [6.45, 7) is 1.97. The normalized spacial score (nSPS) is 15.7. The van der Waals surface area contributed by atoms with Gasteiger partial charge in [0.1, 0.15) is 0 Å². The van der Waals surface area contributed by atoms with Crippen molar-refractivity contribution in [1.82, 2.24) is 15.3 Å². The zero-order chi connectivity index (χ0) is 18.1. The van der Waals surface area contributed by atoms with Crippen LogP contribution in [-0.2, 0) is 11.2 Å². The van der Waals surface area contributed by atoms with E-state index in [9.17, 15) is 9.59 Å². The minimum absolute atomic E-state index is 0.0807. The summed E-state index contributed by atoms with van der Waals surface area (Å²) in [6.07, 6.45) is 7.69. The van der Waals surface area contributed by atoms with Crippen LogP contribution in [0.3, 0.4) is 0 Å². The van der Waals surface area contributed by atoms with Crippen LogP contribution in [0, 0.1) is 6.92 Å². The Hall–Kier alpha value is -3.28. The minimum atomic E-state index is -0.263. The number of fused-ring (bicyclic) bond motifs is 3. The quantitative estimate of drug-likeness (QED) is 0.876. The number of hydrogen-bond donors (Lipinski definition) is 2. The van der Waals surface area contributed by atoms with Crippen LogP contribution in [0.15, 0.2) is 48.3 Å². The third kappa shape index (κ3) is 3.13. The van der Waals surface area contributed by atoms with Crippen molar-refractivity contribution in [3.05, 3.63) is 70.7 Å². The van der Waals surface area contributed by atoms with E-state index in [2.05, 4.69) is 26.7 Å². The maximum atomic E-state index is 12.4. The molecule has 6 heteroatoms. The van der Waals surface area contributed by atoms with Crippen molar-refractivity contribution in [2.24, 2.45) is 0 Å². The van der Waals surface area contributed by atoms with Crippen molar-refractivity contribution in [1.29, 1.82) is 0 Å². The molecule has 2 N–H and O–H groups in total. The van der Waals surface area contributed by atoms with E-state index >= 15 is 0 Å². The number of benzene rings is 1. The first kappa shape index (κ1) is 16.2. The summed E-state index contributed by atoms with van der Waals surface area (Å²) in [4.78, 5) is 33.2. The van der Waals surface area contributed by atoms with Crippen LogP contribution in [0.25, 0.3) is 5.57 Å². The van der Waals surface area contributed by atoms with Gasteiger partial charge in [0, 0.05) is 28.6 Å². The number of allylic oxidation sites excluding steroid dienone is 3. The Labute approximate surface area is 151 Å². The summed E-state index contributed by atoms with van der Waals surface area (Å²) in [6, 6.07) is 7.30. The average molecular weight is 346 g/mol. The monoisotopic (exact) mass is 346 g/mol. The highest BCUT2D eigenvalue weighted by Crippen LogP contribution is 2.30. The lowest BCUT2D eigenvalue weighted by atomic mass is 9.98. The second-order valence-corrected chi connectivity index (χ2v) is 6.43. The van der Waals surface area contributed by atoms with E-state index in [1.807, 2.05) is 25.1 Å². The lowest BCUT2D eigenvalue weighted by Crippen LogP contribution is -2.23. The van der Waals surface area contributed by atoms with Gasteiger partial charge in [-0.1, -0.05) is 29.8 Å². The van der Waals surface area contributed by atoms with Gasteiger partial charge in [0.2, 0.25) is 11.9 Å². The number of hydrogen-bond acceptors (Lipinski definition) is 4. The van der Waals surface area contributed by atoms with E-state index in [1.165, 1.54) is 0 Å². The van der Waals surface area contributed by atoms with Crippen molar-refractivity contribution in [2.75, 3.05) is 5.32 Å². The summed E-state index contributed by atoms with van der Waals surface area (Å²) in [5.74, 6) is -0.112. The van der Waals surface area contributed by atoms with Gasteiger partial charge < -0.3 is 5.32 Å². The number of nitrogens with one attached hydrogen (secondary N) is 2. The number of amides is 2. The van der Waals surface area contributed by atoms with Crippen LogP contribution in [0.2, 0.25) is 0 Å². The number of aromatic nitrogens is 2. The van der Waals surface area contributed by atoms with E-state index in [0.29, 0.717) is 11.3 Å². The molecule has 2 aliphatic rings. The summed E-state index contributed by atoms with van der Waals surface area (Å²) < 4.78 is 0. The zero-order valence-electron chi connectivity index (χ0n) is 14.4. The molecule has 1 aromatic carbocycles. The maximum Gasteiger partial charge on any atom is 0.258 e. The fourth-order valence-corrected chi connectivity index (χ4v) is 3.09. The molecule has 1 aromatic heterocycles. The lowest BCUT2D eigenvalue weighted by Gasteiger charge is -2.15. The van der Waals surface area contributed by atoms with Gasteiger partial charge in [-0.15, -0.1) is 0 Å². The first-order valence-corrected chi connectivity index (χ1v) is 8.55. The Morgan fingerprint density at radius 1 is 1.15 bits per heavy atom. The van der Waals surface area contributed by atoms with Gasteiger partial charge in [0.05, 0.1) is 12.1 Å². The fraction of sp³-hybridized carbons (Fsp3) is 0.200. The van der Waals surface area contributed by atoms with Crippen molar-refractivity contribution in [2.45, 2.75) is 26.2 Å². The fourth-order valence-electron chi connectivity index (χ4n) is 3.09. The van der Waals surface area contributed by atoms with Gasteiger partial charge in [0.15, 0.2) is 0 Å². The van der Waals surface area contributed by atoms with Crippen molar-refractivity contribution in [3.63, 3.8) is 0 Å². The highest BCUT2D eigenvalue weighted by molar-refractivity contribution is 6.03. The Morgan fingerprint density at radius 3 is 2.73 bits per heavy atom.